The Hall–Kier alpha value is -7.58. The van der Waals surface area contributed by atoms with Crippen LogP contribution in [0.1, 0.15) is 480 Å². The van der Waals surface area contributed by atoms with Crippen LogP contribution in [0.3, 0.4) is 0 Å². The Morgan fingerprint density at radius 3 is 0.645 bits per heavy atom. The normalized spacial score (nSPS) is 11.0. The summed E-state index contributed by atoms with van der Waals surface area (Å²) in [4.78, 5) is 29.5. The highest BCUT2D eigenvalue weighted by atomic mass is 32.1. The van der Waals surface area contributed by atoms with E-state index in [1.54, 1.807) is 72.8 Å². The first-order valence-corrected chi connectivity index (χ1v) is 50.3. The van der Waals surface area contributed by atoms with E-state index < -0.39 is 11.9 Å². The maximum atomic E-state index is 14.3. The summed E-state index contributed by atoms with van der Waals surface area (Å²) in [6.45, 7) is 16.6. The largest absolute Gasteiger partial charge is 0.490 e. The van der Waals surface area contributed by atoms with Gasteiger partial charge in [0, 0.05) is 11.1 Å². The molecule has 5 rings (SSSR count). The first kappa shape index (κ1) is 104. The van der Waals surface area contributed by atoms with Crippen LogP contribution in [0.5, 0.6) is 46.0 Å². The zero-order valence-electron chi connectivity index (χ0n) is 77.0. The van der Waals surface area contributed by atoms with Gasteiger partial charge in [-0.3, -0.25) is 0 Å². The first-order valence-electron chi connectivity index (χ1n) is 49.5. The maximum Gasteiger partial charge on any atom is 0.343 e. The third-order valence-electron chi connectivity index (χ3n) is 22.9. The van der Waals surface area contributed by atoms with Crippen LogP contribution in [0.4, 0.5) is 0 Å². The standard InChI is InChI=1S/C108H162N2O10S/c1-7-13-19-25-31-37-43-49-55-61-79-113-99-85-93(86-100(114-80-62-56-50-44-38-32-26-20-14-8-2)105(99)117-83-65-59-53-47-41-35-29-23-17-11-5)107(111)119-95-73-67-91(68-74-95)71-77-103-97(89-109)98(90-110)104(121-103)78-72-92-69-75-96(76-70-92)120-108(112)94-87-101(115-81-63-57-51-45-39-33-27-21-15-9-3)106(118-84-66-60-54-48-42-36-30-24-18-12-6)102(88-94)116-82-64-58-52-46-40-34-28-22-16-10-4/h67-70,73-76,85-88H,7-66,79-84H2,1-6H3. The molecule has 0 bridgehead atoms. The number of nitrogens with zero attached hydrogens (tertiary/aromatic N) is 2. The van der Waals surface area contributed by atoms with Gasteiger partial charge >= 0.3 is 11.9 Å². The lowest BCUT2D eigenvalue weighted by Gasteiger charge is -2.19. The van der Waals surface area contributed by atoms with Crippen molar-refractivity contribution in [1.29, 1.82) is 10.5 Å². The highest BCUT2D eigenvalue weighted by molar-refractivity contribution is 7.13. The molecular weight excluding hydrogens is 1520 g/mol. The number of hydrogen-bond acceptors (Lipinski definition) is 13. The minimum atomic E-state index is -0.553. The molecule has 0 radical (unpaired) electrons. The number of unbranched alkanes of at least 4 members (excludes halogenated alkanes) is 54. The van der Waals surface area contributed by atoms with E-state index in [9.17, 15) is 20.1 Å². The highest BCUT2D eigenvalue weighted by Gasteiger charge is 2.24. The van der Waals surface area contributed by atoms with E-state index >= 15 is 0 Å². The molecule has 0 saturated carbocycles. The number of hydrogen-bond donors (Lipinski definition) is 0. The van der Waals surface area contributed by atoms with E-state index in [1.165, 1.54) is 320 Å². The van der Waals surface area contributed by atoms with Gasteiger partial charge in [0.1, 0.15) is 23.6 Å². The van der Waals surface area contributed by atoms with Crippen molar-refractivity contribution >= 4 is 23.3 Å². The lowest BCUT2D eigenvalue weighted by Crippen LogP contribution is -2.12. The highest BCUT2D eigenvalue weighted by Crippen LogP contribution is 2.42. The molecule has 0 amide bonds. The predicted octanol–water partition coefficient (Wildman–Crippen LogP) is 32.5. The van der Waals surface area contributed by atoms with E-state index in [4.69, 9.17) is 37.9 Å². The van der Waals surface area contributed by atoms with Crippen LogP contribution in [-0.4, -0.2) is 51.6 Å². The van der Waals surface area contributed by atoms with Crippen LogP contribution in [0.25, 0.3) is 0 Å². The molecular formula is C108H162N2O10S. The minimum absolute atomic E-state index is 0.152. The summed E-state index contributed by atoms with van der Waals surface area (Å²) in [6, 6.07) is 25.3. The summed E-state index contributed by atoms with van der Waals surface area (Å²) in [5.74, 6) is 15.2. The third-order valence-corrected chi connectivity index (χ3v) is 23.9. The van der Waals surface area contributed by atoms with Gasteiger partial charge in [0.25, 0.3) is 0 Å². The van der Waals surface area contributed by atoms with E-state index in [-0.39, 0.29) is 11.1 Å². The van der Waals surface area contributed by atoms with Crippen molar-refractivity contribution in [3.05, 3.63) is 116 Å². The number of rotatable bonds is 76. The molecule has 0 aliphatic heterocycles. The van der Waals surface area contributed by atoms with Crippen LogP contribution in [-0.2, 0) is 0 Å². The predicted molar refractivity (Wildman–Crippen MR) is 505 cm³/mol. The van der Waals surface area contributed by atoms with Crippen LogP contribution >= 0.6 is 11.3 Å². The van der Waals surface area contributed by atoms with Crippen LogP contribution in [0.2, 0.25) is 0 Å². The van der Waals surface area contributed by atoms with Gasteiger partial charge in [0.2, 0.25) is 11.5 Å². The monoisotopic (exact) mass is 1680 g/mol. The van der Waals surface area contributed by atoms with Gasteiger partial charge in [0.15, 0.2) is 23.0 Å². The fourth-order valence-electron chi connectivity index (χ4n) is 15.3. The SMILES string of the molecule is CCCCCCCCCCCCOc1cc(C(=O)Oc2ccc(C#Cc3sc(C#Cc4ccc(OC(=O)c5cc(OCCCCCCCCCCCC)c(OCCCCCCCCCCCC)c(OCCCCCCCCCCCC)c5)cc4)c(C#N)c3C#N)cc2)cc(OCCCCCCCCCCCC)c1OCCCCCCCCCCCC. The van der Waals surface area contributed by atoms with E-state index in [0.29, 0.717) is 118 Å². The molecule has 0 fully saturated rings. The molecule has 4 aromatic carbocycles. The Balaban J connectivity index is 1.31. The number of carbonyl (C=O) groups excluding carboxylic acids is 2. The van der Waals surface area contributed by atoms with Crippen molar-refractivity contribution < 1.29 is 47.5 Å². The summed E-state index contributed by atoms with van der Waals surface area (Å²) >= 11 is 1.18. The fraction of sp³-hybridized carbons (Fsp3) is 0.667. The summed E-state index contributed by atoms with van der Waals surface area (Å²) in [6.07, 6.45) is 73.3. The zero-order valence-corrected chi connectivity index (χ0v) is 77.8. The average molecular weight is 1680 g/mol. The number of benzene rings is 4. The van der Waals surface area contributed by atoms with Crippen molar-refractivity contribution in [3.63, 3.8) is 0 Å². The molecule has 12 nitrogen and oxygen atoms in total. The number of esters is 2. The van der Waals surface area contributed by atoms with Gasteiger partial charge in [-0.05, 0) is 123 Å². The van der Waals surface area contributed by atoms with Gasteiger partial charge in [-0.15, -0.1) is 11.3 Å². The average Bonchev–Trinajstić information content (AvgIpc) is 1.77. The fourth-order valence-corrected chi connectivity index (χ4v) is 16.2. The number of carbonyl (C=O) groups is 2. The number of thiophene rings is 1. The lowest BCUT2D eigenvalue weighted by atomic mass is 10.1. The molecule has 0 unspecified atom stereocenters. The minimum Gasteiger partial charge on any atom is -0.490 e. The second kappa shape index (κ2) is 71.8. The lowest BCUT2D eigenvalue weighted by molar-refractivity contribution is 0.0724. The van der Waals surface area contributed by atoms with Crippen molar-refractivity contribution in [2.75, 3.05) is 39.6 Å². The first-order chi connectivity index (χ1) is 59.7. The van der Waals surface area contributed by atoms with Crippen molar-refractivity contribution in [2.45, 2.75) is 427 Å². The van der Waals surface area contributed by atoms with Gasteiger partial charge in [-0.1, -0.05) is 400 Å². The van der Waals surface area contributed by atoms with Crippen molar-refractivity contribution in [2.24, 2.45) is 0 Å². The Bertz CT molecular complexity index is 3360. The molecule has 1 heterocycles. The molecule has 121 heavy (non-hydrogen) atoms. The zero-order chi connectivity index (χ0) is 86.2. The van der Waals surface area contributed by atoms with Crippen molar-refractivity contribution in [1.82, 2.24) is 0 Å². The van der Waals surface area contributed by atoms with Crippen LogP contribution in [0, 0.1) is 46.3 Å². The van der Waals surface area contributed by atoms with E-state index in [0.717, 1.165) is 77.0 Å². The molecule has 5 aromatic rings. The summed E-state index contributed by atoms with van der Waals surface area (Å²) in [5, 5.41) is 20.8. The van der Waals surface area contributed by atoms with E-state index in [1.807, 2.05) is 0 Å². The van der Waals surface area contributed by atoms with Gasteiger partial charge in [-0.2, -0.15) is 10.5 Å². The third kappa shape index (κ3) is 48.3. The Morgan fingerprint density at radius 1 is 0.256 bits per heavy atom. The summed E-state index contributed by atoms with van der Waals surface area (Å²) < 4.78 is 51.8. The second-order valence-corrected chi connectivity index (χ2v) is 34.9. The topological polar surface area (TPSA) is 156 Å². The molecule has 13 heteroatoms. The van der Waals surface area contributed by atoms with Crippen molar-refractivity contribution in [3.8, 4) is 81.8 Å². The molecule has 1 aromatic heterocycles. The molecule has 0 atom stereocenters. The van der Waals surface area contributed by atoms with E-state index in [2.05, 4.69) is 77.4 Å². The summed E-state index contributed by atoms with van der Waals surface area (Å²) in [5.41, 5.74) is 2.14. The van der Waals surface area contributed by atoms with Crippen LogP contribution in [0.15, 0.2) is 72.8 Å². The molecule has 0 saturated heterocycles. The molecule has 0 spiro atoms. The molecule has 0 aliphatic rings. The Morgan fingerprint density at radius 2 is 0.446 bits per heavy atom. The molecule has 0 aliphatic carbocycles. The van der Waals surface area contributed by atoms with Gasteiger partial charge < -0.3 is 37.9 Å². The maximum absolute atomic E-state index is 14.3. The number of ether oxygens (including phenoxy) is 8. The molecule has 0 N–H and O–H groups in total. The van der Waals surface area contributed by atoms with Gasteiger partial charge in [-0.25, -0.2) is 9.59 Å². The summed E-state index contributed by atoms with van der Waals surface area (Å²) in [7, 11) is 0. The molecule has 670 valence electrons. The van der Waals surface area contributed by atoms with Crippen LogP contribution < -0.4 is 37.9 Å². The number of nitriles is 2. The smallest absolute Gasteiger partial charge is 0.343 e. The quantitative estimate of drug-likeness (QED) is 0.0157. The van der Waals surface area contributed by atoms with Gasteiger partial charge in [0.05, 0.1) is 71.6 Å². The Labute approximate surface area is 741 Å². The Kier molecular flexibility index (Phi) is 61.7. The second-order valence-electron chi connectivity index (χ2n) is 33.8.